The van der Waals surface area contributed by atoms with E-state index in [-0.39, 0.29) is 18.0 Å². The first-order valence-electron chi connectivity index (χ1n) is 8.71. The highest BCUT2D eigenvalue weighted by Gasteiger charge is 2.22. The molecule has 0 fully saturated rings. The topological polar surface area (TPSA) is 95.5 Å². The highest BCUT2D eigenvalue weighted by atomic mass is 32.2. The van der Waals surface area contributed by atoms with Crippen LogP contribution in [0.2, 0.25) is 0 Å². The van der Waals surface area contributed by atoms with E-state index in [0.29, 0.717) is 0 Å². The molecule has 1 amide bonds. The van der Waals surface area contributed by atoms with E-state index in [1.54, 1.807) is 6.20 Å². The number of amides is 1. The Labute approximate surface area is 160 Å². The summed E-state index contributed by atoms with van der Waals surface area (Å²) in [6.45, 7) is 5.88. The minimum Gasteiger partial charge on any atom is -0.357 e. The van der Waals surface area contributed by atoms with Crippen molar-refractivity contribution in [2.75, 3.05) is 31.6 Å². The molecule has 0 saturated carbocycles. The summed E-state index contributed by atoms with van der Waals surface area (Å²) < 4.78 is 25.8. The first kappa shape index (κ1) is 20.8. The standard InChI is InChI=1S/C18H25N5O3S/c1-4-23(5-2)17-9-8-15(11-20-17)12-21-18(24)14-22(3)27(25,26)16-7-6-10-19-13-16/h6-11,13H,4-5,12,14H2,1-3H3,(H,21,24). The maximum Gasteiger partial charge on any atom is 0.244 e. The van der Waals surface area contributed by atoms with Crippen molar-refractivity contribution in [2.45, 2.75) is 25.3 Å². The van der Waals surface area contributed by atoms with E-state index in [4.69, 9.17) is 0 Å². The second kappa shape index (κ2) is 9.43. The molecule has 0 aliphatic heterocycles. The number of nitrogens with zero attached hydrogens (tertiary/aromatic N) is 4. The lowest BCUT2D eigenvalue weighted by atomic mass is 10.2. The molecule has 0 saturated heterocycles. The molecule has 0 bridgehead atoms. The number of likely N-dealkylation sites (N-methyl/N-ethyl adjacent to an activating group) is 1. The molecule has 0 spiro atoms. The van der Waals surface area contributed by atoms with Gasteiger partial charge in [0.1, 0.15) is 10.7 Å². The Bertz CT molecular complexity index is 837. The zero-order valence-corrected chi connectivity index (χ0v) is 16.6. The lowest BCUT2D eigenvalue weighted by Gasteiger charge is -2.19. The number of carbonyl (C=O) groups is 1. The molecule has 0 aliphatic carbocycles. The van der Waals surface area contributed by atoms with Crippen molar-refractivity contribution in [2.24, 2.45) is 0 Å². The van der Waals surface area contributed by atoms with Gasteiger partial charge in [0, 0.05) is 45.3 Å². The van der Waals surface area contributed by atoms with Gasteiger partial charge in [-0.1, -0.05) is 6.07 Å². The fourth-order valence-electron chi connectivity index (χ4n) is 2.48. The first-order chi connectivity index (χ1) is 12.9. The van der Waals surface area contributed by atoms with Crippen LogP contribution in [-0.4, -0.2) is 55.3 Å². The summed E-state index contributed by atoms with van der Waals surface area (Å²) in [5.74, 6) is 0.496. The van der Waals surface area contributed by atoms with Crippen LogP contribution in [0.4, 0.5) is 5.82 Å². The number of anilines is 1. The number of hydrogen-bond acceptors (Lipinski definition) is 6. The fraction of sp³-hybridized carbons (Fsp3) is 0.389. The van der Waals surface area contributed by atoms with Crippen molar-refractivity contribution in [3.05, 3.63) is 48.4 Å². The molecule has 0 aliphatic rings. The van der Waals surface area contributed by atoms with Crippen LogP contribution in [0.15, 0.2) is 47.8 Å². The van der Waals surface area contributed by atoms with Crippen molar-refractivity contribution in [1.29, 1.82) is 0 Å². The predicted octanol–water partition coefficient (Wildman–Crippen LogP) is 1.26. The van der Waals surface area contributed by atoms with Gasteiger partial charge in [0.05, 0.1) is 6.54 Å². The molecule has 9 heteroatoms. The zero-order valence-electron chi connectivity index (χ0n) is 15.8. The van der Waals surface area contributed by atoms with Gasteiger partial charge in [-0.15, -0.1) is 0 Å². The van der Waals surface area contributed by atoms with Crippen molar-refractivity contribution in [3.63, 3.8) is 0 Å². The molecule has 146 valence electrons. The third-order valence-corrected chi connectivity index (χ3v) is 5.88. The number of hydrogen-bond donors (Lipinski definition) is 1. The first-order valence-corrected chi connectivity index (χ1v) is 10.2. The van der Waals surface area contributed by atoms with Crippen LogP contribution in [-0.2, 0) is 21.4 Å². The molecular weight excluding hydrogens is 366 g/mol. The number of pyridine rings is 2. The molecule has 8 nitrogen and oxygen atoms in total. The molecule has 27 heavy (non-hydrogen) atoms. The second-order valence-corrected chi connectivity index (χ2v) is 7.97. The van der Waals surface area contributed by atoms with Gasteiger partial charge in [0.2, 0.25) is 15.9 Å². The summed E-state index contributed by atoms with van der Waals surface area (Å²) in [6, 6.07) is 6.79. The lowest BCUT2D eigenvalue weighted by molar-refractivity contribution is -0.121. The summed E-state index contributed by atoms with van der Waals surface area (Å²) in [5.41, 5.74) is 0.844. The Morgan fingerprint density at radius 1 is 1.15 bits per heavy atom. The average Bonchev–Trinajstić information content (AvgIpc) is 2.69. The highest BCUT2D eigenvalue weighted by molar-refractivity contribution is 7.89. The Balaban J connectivity index is 1.90. The lowest BCUT2D eigenvalue weighted by Crippen LogP contribution is -2.38. The summed E-state index contributed by atoms with van der Waals surface area (Å²) in [7, 11) is -2.38. The van der Waals surface area contributed by atoms with E-state index in [1.807, 2.05) is 12.1 Å². The molecule has 0 aromatic carbocycles. The minimum atomic E-state index is -3.75. The number of carbonyl (C=O) groups excluding carboxylic acids is 1. The number of sulfonamides is 1. The van der Waals surface area contributed by atoms with Gasteiger partial charge in [-0.3, -0.25) is 9.78 Å². The van der Waals surface area contributed by atoms with E-state index >= 15 is 0 Å². The van der Waals surface area contributed by atoms with Crippen LogP contribution in [0.3, 0.4) is 0 Å². The molecule has 0 unspecified atom stereocenters. The highest BCUT2D eigenvalue weighted by Crippen LogP contribution is 2.12. The van der Waals surface area contributed by atoms with E-state index < -0.39 is 15.9 Å². The molecule has 1 N–H and O–H groups in total. The van der Waals surface area contributed by atoms with E-state index in [9.17, 15) is 13.2 Å². The van der Waals surface area contributed by atoms with Gasteiger partial charge in [-0.05, 0) is 37.6 Å². The normalized spacial score (nSPS) is 11.4. The Morgan fingerprint density at radius 2 is 1.89 bits per heavy atom. The van der Waals surface area contributed by atoms with Crippen LogP contribution < -0.4 is 10.2 Å². The third-order valence-electron chi connectivity index (χ3n) is 4.10. The summed E-state index contributed by atoms with van der Waals surface area (Å²) in [4.78, 5) is 22.5. The smallest absolute Gasteiger partial charge is 0.244 e. The second-order valence-electron chi connectivity index (χ2n) is 5.92. The maximum absolute atomic E-state index is 12.4. The SMILES string of the molecule is CCN(CC)c1ccc(CNC(=O)CN(C)S(=O)(=O)c2cccnc2)cn1. The summed E-state index contributed by atoms with van der Waals surface area (Å²) in [6.07, 6.45) is 4.46. The molecule has 2 aromatic rings. The van der Waals surface area contributed by atoms with Gasteiger partial charge in [-0.2, -0.15) is 4.31 Å². The Hall–Kier alpha value is -2.52. The van der Waals surface area contributed by atoms with Crippen LogP contribution in [0.5, 0.6) is 0 Å². The van der Waals surface area contributed by atoms with Crippen molar-refractivity contribution < 1.29 is 13.2 Å². The molecule has 2 rings (SSSR count). The van der Waals surface area contributed by atoms with Crippen LogP contribution in [0.1, 0.15) is 19.4 Å². The van der Waals surface area contributed by atoms with Gasteiger partial charge in [0.15, 0.2) is 0 Å². The van der Waals surface area contributed by atoms with E-state index in [2.05, 4.69) is 34.0 Å². The monoisotopic (exact) mass is 391 g/mol. The fourth-order valence-corrected chi connectivity index (χ4v) is 3.57. The minimum absolute atomic E-state index is 0.0523. The zero-order chi connectivity index (χ0) is 19.9. The molecule has 2 heterocycles. The van der Waals surface area contributed by atoms with Crippen LogP contribution in [0, 0.1) is 0 Å². The molecular formula is C18H25N5O3S. The van der Waals surface area contributed by atoms with E-state index in [0.717, 1.165) is 28.8 Å². The quantitative estimate of drug-likeness (QED) is 0.691. The number of rotatable bonds is 9. The average molecular weight is 391 g/mol. The van der Waals surface area contributed by atoms with Crippen molar-refractivity contribution in [1.82, 2.24) is 19.6 Å². The maximum atomic E-state index is 12.4. The number of aromatic nitrogens is 2. The number of nitrogens with one attached hydrogen (secondary N) is 1. The van der Waals surface area contributed by atoms with Gasteiger partial charge < -0.3 is 10.2 Å². The van der Waals surface area contributed by atoms with Crippen LogP contribution in [0.25, 0.3) is 0 Å². The van der Waals surface area contributed by atoms with Crippen LogP contribution >= 0.6 is 0 Å². The molecule has 0 atom stereocenters. The molecule has 0 radical (unpaired) electrons. The third kappa shape index (κ3) is 5.48. The summed E-state index contributed by atoms with van der Waals surface area (Å²) in [5, 5.41) is 2.72. The largest absolute Gasteiger partial charge is 0.357 e. The Morgan fingerprint density at radius 3 is 2.44 bits per heavy atom. The predicted molar refractivity (Wildman–Crippen MR) is 104 cm³/mol. The van der Waals surface area contributed by atoms with Gasteiger partial charge in [-0.25, -0.2) is 13.4 Å². The summed E-state index contributed by atoms with van der Waals surface area (Å²) >= 11 is 0. The van der Waals surface area contributed by atoms with Crippen molar-refractivity contribution >= 4 is 21.7 Å². The van der Waals surface area contributed by atoms with Gasteiger partial charge >= 0.3 is 0 Å². The Kier molecular flexibility index (Phi) is 7.26. The molecule has 2 aromatic heterocycles. The van der Waals surface area contributed by atoms with Crippen molar-refractivity contribution in [3.8, 4) is 0 Å². The van der Waals surface area contributed by atoms with Gasteiger partial charge in [0.25, 0.3) is 0 Å². The van der Waals surface area contributed by atoms with E-state index in [1.165, 1.54) is 31.6 Å².